The first kappa shape index (κ1) is 18.9. The molecule has 0 aliphatic carbocycles. The summed E-state index contributed by atoms with van der Waals surface area (Å²) in [6.07, 6.45) is 0. The first-order valence-corrected chi connectivity index (χ1v) is 9.33. The van der Waals surface area contributed by atoms with E-state index in [-0.39, 0.29) is 11.9 Å². The fraction of sp³-hybridized carbons (Fsp3) is 0.240. The van der Waals surface area contributed by atoms with Gasteiger partial charge >= 0.3 is 5.97 Å². The number of benzene rings is 3. The van der Waals surface area contributed by atoms with Gasteiger partial charge in [0.15, 0.2) is 0 Å². The van der Waals surface area contributed by atoms with Gasteiger partial charge < -0.3 is 4.74 Å². The lowest BCUT2D eigenvalue weighted by Gasteiger charge is -2.30. The van der Waals surface area contributed by atoms with E-state index in [4.69, 9.17) is 4.74 Å². The van der Waals surface area contributed by atoms with Crippen LogP contribution in [0.3, 0.4) is 0 Å². The molecule has 2 nitrogen and oxygen atoms in total. The van der Waals surface area contributed by atoms with Gasteiger partial charge in [0.1, 0.15) is 5.60 Å². The molecule has 0 heterocycles. The third-order valence-electron chi connectivity index (χ3n) is 4.47. The number of carbonyl (C=O) groups excluding carboxylic acids is 1. The predicted molar refractivity (Wildman–Crippen MR) is 110 cm³/mol. The summed E-state index contributed by atoms with van der Waals surface area (Å²) in [5.74, 6) is -0.744. The van der Waals surface area contributed by atoms with E-state index in [1.165, 1.54) is 0 Å². The van der Waals surface area contributed by atoms with Gasteiger partial charge in [-0.05, 0) is 37.5 Å². The van der Waals surface area contributed by atoms with Crippen molar-refractivity contribution >= 4 is 5.97 Å². The minimum absolute atomic E-state index is 0.121. The summed E-state index contributed by atoms with van der Waals surface area (Å²) in [7, 11) is 0. The third kappa shape index (κ3) is 4.85. The van der Waals surface area contributed by atoms with E-state index in [1.807, 2.05) is 87.5 Å². The van der Waals surface area contributed by atoms with Crippen molar-refractivity contribution in [2.75, 3.05) is 0 Å². The van der Waals surface area contributed by atoms with Gasteiger partial charge in [0, 0.05) is 5.92 Å². The lowest BCUT2D eigenvalue weighted by atomic mass is 9.77. The lowest BCUT2D eigenvalue weighted by molar-refractivity contribution is -0.157. The maximum absolute atomic E-state index is 13.3. The molecule has 3 aromatic rings. The second kappa shape index (κ2) is 8.22. The molecule has 0 N–H and O–H groups in total. The molecule has 138 valence electrons. The smallest absolute Gasteiger partial charge is 0.314 e. The van der Waals surface area contributed by atoms with Crippen LogP contribution in [-0.2, 0) is 9.53 Å². The fourth-order valence-electron chi connectivity index (χ4n) is 3.39. The van der Waals surface area contributed by atoms with E-state index in [9.17, 15) is 4.79 Å². The Morgan fingerprint density at radius 1 is 0.667 bits per heavy atom. The van der Waals surface area contributed by atoms with Gasteiger partial charge in [0.2, 0.25) is 0 Å². The molecule has 3 aromatic carbocycles. The second-order valence-corrected chi connectivity index (χ2v) is 7.72. The summed E-state index contributed by atoms with van der Waals surface area (Å²) in [6, 6.07) is 30.3. The van der Waals surface area contributed by atoms with E-state index >= 15 is 0 Å². The predicted octanol–water partition coefficient (Wildman–Crippen LogP) is 5.94. The van der Waals surface area contributed by atoms with Crippen molar-refractivity contribution in [1.82, 2.24) is 0 Å². The molecule has 0 saturated carbocycles. The molecule has 0 fully saturated rings. The van der Waals surface area contributed by atoms with Gasteiger partial charge in [0.25, 0.3) is 0 Å². The van der Waals surface area contributed by atoms with Crippen molar-refractivity contribution in [3.8, 4) is 0 Å². The van der Waals surface area contributed by atoms with E-state index in [1.54, 1.807) is 0 Å². The molecular weight excluding hydrogens is 332 g/mol. The molecule has 0 spiro atoms. The zero-order chi connectivity index (χ0) is 19.3. The average Bonchev–Trinajstić information content (AvgIpc) is 2.66. The molecular formula is C25H26O2. The fourth-order valence-corrected chi connectivity index (χ4v) is 3.39. The highest BCUT2D eigenvalue weighted by molar-refractivity contribution is 5.81. The summed E-state index contributed by atoms with van der Waals surface area (Å²) in [6.45, 7) is 5.73. The van der Waals surface area contributed by atoms with Gasteiger partial charge in [-0.3, -0.25) is 4.79 Å². The maximum atomic E-state index is 13.3. The zero-order valence-electron chi connectivity index (χ0n) is 16.1. The highest BCUT2D eigenvalue weighted by Crippen LogP contribution is 2.40. The quantitative estimate of drug-likeness (QED) is 0.527. The molecule has 0 amide bonds. The van der Waals surface area contributed by atoms with Gasteiger partial charge in [0.05, 0.1) is 5.92 Å². The Balaban J connectivity index is 2.15. The molecule has 0 saturated heterocycles. The minimum Gasteiger partial charge on any atom is -0.459 e. The molecule has 1 unspecified atom stereocenters. The molecule has 0 aliphatic heterocycles. The van der Waals surface area contributed by atoms with Crippen molar-refractivity contribution in [2.45, 2.75) is 38.2 Å². The summed E-state index contributed by atoms with van der Waals surface area (Å²) >= 11 is 0. The van der Waals surface area contributed by atoms with Crippen LogP contribution >= 0.6 is 0 Å². The summed E-state index contributed by atoms with van der Waals surface area (Å²) in [5.41, 5.74) is 2.62. The maximum Gasteiger partial charge on any atom is 0.314 e. The summed E-state index contributed by atoms with van der Waals surface area (Å²) < 4.78 is 5.84. The zero-order valence-corrected chi connectivity index (χ0v) is 16.1. The van der Waals surface area contributed by atoms with E-state index < -0.39 is 11.5 Å². The molecule has 0 radical (unpaired) electrons. The van der Waals surface area contributed by atoms with Gasteiger partial charge in [-0.25, -0.2) is 0 Å². The number of esters is 1. The molecule has 2 heteroatoms. The molecule has 0 aromatic heterocycles. The second-order valence-electron chi connectivity index (χ2n) is 7.72. The van der Waals surface area contributed by atoms with E-state index in [0.29, 0.717) is 0 Å². The van der Waals surface area contributed by atoms with Crippen LogP contribution < -0.4 is 0 Å². The van der Waals surface area contributed by atoms with Crippen molar-refractivity contribution < 1.29 is 9.53 Å². The van der Waals surface area contributed by atoms with Crippen LogP contribution in [0.1, 0.15) is 49.3 Å². The largest absolute Gasteiger partial charge is 0.459 e. The molecule has 0 aliphatic rings. The van der Waals surface area contributed by atoms with Crippen molar-refractivity contribution in [1.29, 1.82) is 0 Å². The third-order valence-corrected chi connectivity index (χ3v) is 4.47. The molecule has 1 atom stereocenters. The number of rotatable bonds is 5. The van der Waals surface area contributed by atoms with Crippen LogP contribution in [0.5, 0.6) is 0 Å². The molecule has 3 rings (SSSR count). The lowest BCUT2D eigenvalue weighted by Crippen LogP contribution is -2.31. The SMILES string of the molecule is CC(C)(C)OC(=O)C(c1ccccc1)C(c1ccccc1)c1ccccc1. The highest BCUT2D eigenvalue weighted by Gasteiger charge is 2.35. The number of hydrogen-bond donors (Lipinski definition) is 0. The Kier molecular flexibility index (Phi) is 5.75. The molecule has 27 heavy (non-hydrogen) atoms. The highest BCUT2D eigenvalue weighted by atomic mass is 16.6. The monoisotopic (exact) mass is 358 g/mol. The first-order chi connectivity index (χ1) is 13.0. The Morgan fingerprint density at radius 2 is 1.04 bits per heavy atom. The average molecular weight is 358 g/mol. The van der Waals surface area contributed by atoms with Crippen LogP contribution in [0, 0.1) is 0 Å². The minimum atomic E-state index is -0.540. The van der Waals surface area contributed by atoms with Crippen LogP contribution in [0.25, 0.3) is 0 Å². The van der Waals surface area contributed by atoms with E-state index in [0.717, 1.165) is 16.7 Å². The van der Waals surface area contributed by atoms with Crippen LogP contribution in [0.15, 0.2) is 91.0 Å². The van der Waals surface area contributed by atoms with Crippen molar-refractivity contribution in [2.24, 2.45) is 0 Å². The Morgan fingerprint density at radius 3 is 1.41 bits per heavy atom. The van der Waals surface area contributed by atoms with Gasteiger partial charge in [-0.15, -0.1) is 0 Å². The Bertz CT molecular complexity index is 810. The first-order valence-electron chi connectivity index (χ1n) is 9.33. The number of hydrogen-bond acceptors (Lipinski definition) is 2. The standard InChI is InChI=1S/C25H26O2/c1-25(2,3)27-24(26)23(21-17-11-6-12-18-21)22(19-13-7-4-8-14-19)20-15-9-5-10-16-20/h4-18,22-23H,1-3H3. The Labute approximate surface area is 161 Å². The topological polar surface area (TPSA) is 26.3 Å². The normalized spacial score (nSPS) is 12.6. The van der Waals surface area contributed by atoms with Crippen LogP contribution in [0.2, 0.25) is 0 Å². The summed E-state index contributed by atoms with van der Waals surface area (Å²) in [5, 5.41) is 0. The van der Waals surface area contributed by atoms with Gasteiger partial charge in [-0.2, -0.15) is 0 Å². The summed E-state index contributed by atoms with van der Waals surface area (Å²) in [4.78, 5) is 13.3. The van der Waals surface area contributed by atoms with Crippen molar-refractivity contribution in [3.05, 3.63) is 108 Å². The van der Waals surface area contributed by atoms with E-state index in [2.05, 4.69) is 24.3 Å². The Hall–Kier alpha value is -2.87. The number of carbonyl (C=O) groups is 1. The van der Waals surface area contributed by atoms with Gasteiger partial charge in [-0.1, -0.05) is 91.0 Å². The van der Waals surface area contributed by atoms with Crippen LogP contribution in [-0.4, -0.2) is 11.6 Å². The van der Waals surface area contributed by atoms with Crippen molar-refractivity contribution in [3.63, 3.8) is 0 Å². The molecule has 0 bridgehead atoms. The number of ether oxygens (including phenoxy) is 1. The van der Waals surface area contributed by atoms with Crippen LogP contribution in [0.4, 0.5) is 0 Å².